The van der Waals surface area contributed by atoms with Crippen LogP contribution in [0.3, 0.4) is 0 Å². The minimum absolute atomic E-state index is 0.133. The van der Waals surface area contributed by atoms with Crippen LogP contribution in [-0.2, 0) is 11.3 Å². The first-order valence-electron chi connectivity index (χ1n) is 7.48. The van der Waals surface area contributed by atoms with Crippen LogP contribution in [0.25, 0.3) is 0 Å². The van der Waals surface area contributed by atoms with E-state index >= 15 is 0 Å². The average molecular weight is 304 g/mol. The molecule has 2 atom stereocenters. The number of rotatable bonds is 2. The Labute approximate surface area is 137 Å². The van der Waals surface area contributed by atoms with E-state index in [-0.39, 0.29) is 18.0 Å². The maximum Gasteiger partial charge on any atom is 0.267 e. The summed E-state index contributed by atoms with van der Waals surface area (Å²) in [6.07, 6.45) is 0. The quantitative estimate of drug-likeness (QED) is 0.852. The van der Waals surface area contributed by atoms with Crippen LogP contribution in [0.2, 0.25) is 0 Å². The van der Waals surface area contributed by atoms with Gasteiger partial charge >= 0.3 is 0 Å². The zero-order valence-corrected chi connectivity index (χ0v) is 13.1. The van der Waals surface area contributed by atoms with Crippen LogP contribution < -0.4 is 5.32 Å². The lowest BCUT2D eigenvalue weighted by Crippen LogP contribution is -2.61. The highest BCUT2D eigenvalue weighted by Gasteiger charge is 2.44. The van der Waals surface area contributed by atoms with Gasteiger partial charge in [-0.2, -0.15) is 0 Å². The molecule has 0 bridgehead atoms. The average Bonchev–Trinajstić information content (AvgIpc) is 2.56. The van der Waals surface area contributed by atoms with Crippen LogP contribution in [-0.4, -0.2) is 22.9 Å². The first-order valence-corrected chi connectivity index (χ1v) is 7.48. The van der Waals surface area contributed by atoms with Gasteiger partial charge in [0.25, 0.3) is 5.91 Å². The minimum Gasteiger partial charge on any atom is -0.354 e. The van der Waals surface area contributed by atoms with Gasteiger partial charge < -0.3 is 10.2 Å². The highest BCUT2D eigenvalue weighted by molar-refractivity contribution is 5.94. The molecule has 3 rings (SSSR count). The number of carbonyl (C=O) groups is 1. The van der Waals surface area contributed by atoms with Gasteiger partial charge in [-0.05, 0) is 27.9 Å². The molecule has 1 N–H and O–H groups in total. The predicted molar refractivity (Wildman–Crippen MR) is 93.4 cm³/mol. The summed E-state index contributed by atoms with van der Waals surface area (Å²) in [6.45, 7) is 20.9. The molecule has 1 aliphatic heterocycles. The molecule has 2 unspecified atom stereocenters. The van der Waals surface area contributed by atoms with E-state index in [4.69, 9.17) is 0 Å². The van der Waals surface area contributed by atoms with E-state index in [9.17, 15) is 4.79 Å². The largest absolute Gasteiger partial charge is 0.354 e. The van der Waals surface area contributed by atoms with Gasteiger partial charge in [-0.15, -0.1) is 0 Å². The summed E-state index contributed by atoms with van der Waals surface area (Å²) in [5.74, 6) is -0.184. The maximum absolute atomic E-state index is 12.3. The number of nitrogens with one attached hydrogen (secondary N) is 1. The number of piperazine rings is 1. The van der Waals surface area contributed by atoms with Crippen molar-refractivity contribution in [2.75, 3.05) is 0 Å². The molecular weight excluding hydrogens is 284 g/mol. The van der Waals surface area contributed by atoms with Gasteiger partial charge in [0.2, 0.25) is 0 Å². The zero-order valence-electron chi connectivity index (χ0n) is 13.1. The Morgan fingerprint density at radius 3 is 2.22 bits per heavy atom. The van der Waals surface area contributed by atoms with Crippen LogP contribution in [0, 0.1) is 0 Å². The molecule has 1 saturated heterocycles. The monoisotopic (exact) mass is 304 g/mol. The van der Waals surface area contributed by atoms with E-state index < -0.39 is 0 Å². The molecule has 1 aliphatic carbocycles. The Bertz CT molecular complexity index is 757. The molecular formula is C20H20N2O. The van der Waals surface area contributed by atoms with E-state index in [2.05, 4.69) is 38.2 Å². The molecule has 0 spiro atoms. The number of fused-ring (bicyclic) bond motifs is 1. The van der Waals surface area contributed by atoms with Gasteiger partial charge in [-0.1, -0.05) is 63.2 Å². The van der Waals surface area contributed by atoms with Crippen LogP contribution in [0.5, 0.6) is 0 Å². The SMILES string of the molecule is C=C1C(=C)C(=C)C2C(NC(=O)C(=C)N2Cc2ccccc2)C1=C. The van der Waals surface area contributed by atoms with Crippen molar-refractivity contribution in [3.05, 3.63) is 96.8 Å². The molecule has 1 amide bonds. The first kappa shape index (κ1) is 15.1. The lowest BCUT2D eigenvalue weighted by molar-refractivity contribution is -0.122. The summed E-state index contributed by atoms with van der Waals surface area (Å²) in [7, 11) is 0. The van der Waals surface area contributed by atoms with Crippen LogP contribution >= 0.6 is 0 Å². The molecule has 2 fully saturated rings. The summed E-state index contributed by atoms with van der Waals surface area (Å²) >= 11 is 0. The van der Waals surface area contributed by atoms with Crippen molar-refractivity contribution in [1.82, 2.24) is 10.2 Å². The van der Waals surface area contributed by atoms with E-state index in [0.29, 0.717) is 12.2 Å². The van der Waals surface area contributed by atoms with Crippen molar-refractivity contribution < 1.29 is 4.79 Å². The smallest absolute Gasteiger partial charge is 0.267 e. The van der Waals surface area contributed by atoms with Crippen molar-refractivity contribution in [3.8, 4) is 0 Å². The Balaban J connectivity index is 2.01. The topological polar surface area (TPSA) is 32.3 Å². The number of nitrogens with zero attached hydrogens (tertiary/aromatic N) is 1. The Morgan fingerprint density at radius 1 is 0.957 bits per heavy atom. The van der Waals surface area contributed by atoms with Crippen LogP contribution in [0.15, 0.2) is 91.2 Å². The third kappa shape index (κ3) is 2.34. The van der Waals surface area contributed by atoms with Gasteiger partial charge in [-0.25, -0.2) is 0 Å². The van der Waals surface area contributed by atoms with E-state index in [1.54, 1.807) is 0 Å². The highest BCUT2D eigenvalue weighted by Crippen LogP contribution is 2.40. The van der Waals surface area contributed by atoms with Crippen LogP contribution in [0.1, 0.15) is 5.56 Å². The number of hydrogen-bond donors (Lipinski definition) is 1. The molecule has 0 radical (unpaired) electrons. The predicted octanol–water partition coefficient (Wildman–Crippen LogP) is 3.11. The van der Waals surface area contributed by atoms with Crippen molar-refractivity contribution in [2.45, 2.75) is 18.6 Å². The molecule has 1 aromatic carbocycles. The lowest BCUT2D eigenvalue weighted by Gasteiger charge is -2.48. The number of carbonyl (C=O) groups excluding carboxylic acids is 1. The molecule has 1 aromatic rings. The third-order valence-electron chi connectivity index (χ3n) is 4.61. The van der Waals surface area contributed by atoms with Crippen molar-refractivity contribution >= 4 is 5.91 Å². The zero-order chi connectivity index (χ0) is 16.7. The summed E-state index contributed by atoms with van der Waals surface area (Å²) in [5.41, 5.74) is 4.72. The molecule has 3 heteroatoms. The van der Waals surface area contributed by atoms with Gasteiger partial charge in [0, 0.05) is 6.54 Å². The normalized spacial score (nSPS) is 24.6. The summed E-state index contributed by atoms with van der Waals surface area (Å²) < 4.78 is 0. The molecule has 116 valence electrons. The van der Waals surface area contributed by atoms with E-state index in [0.717, 1.165) is 27.9 Å². The number of amides is 1. The fourth-order valence-corrected chi connectivity index (χ4v) is 3.18. The first-order chi connectivity index (χ1) is 10.9. The summed E-state index contributed by atoms with van der Waals surface area (Å²) in [4.78, 5) is 14.3. The Hall–Kier alpha value is -2.81. The second kappa shape index (κ2) is 5.43. The molecule has 23 heavy (non-hydrogen) atoms. The van der Waals surface area contributed by atoms with Crippen molar-refractivity contribution in [1.29, 1.82) is 0 Å². The van der Waals surface area contributed by atoms with Gasteiger partial charge in [0.15, 0.2) is 0 Å². The van der Waals surface area contributed by atoms with Crippen molar-refractivity contribution in [2.24, 2.45) is 0 Å². The molecule has 3 nitrogen and oxygen atoms in total. The van der Waals surface area contributed by atoms with E-state index in [1.165, 1.54) is 0 Å². The Kier molecular flexibility index (Phi) is 3.57. The number of benzene rings is 1. The summed E-state index contributed by atoms with van der Waals surface area (Å²) in [5, 5.41) is 2.97. The highest BCUT2D eigenvalue weighted by atomic mass is 16.2. The molecule has 2 aliphatic rings. The number of hydrogen-bond acceptors (Lipinski definition) is 2. The third-order valence-corrected chi connectivity index (χ3v) is 4.61. The van der Waals surface area contributed by atoms with E-state index in [1.807, 2.05) is 35.2 Å². The minimum atomic E-state index is -0.248. The second-order valence-corrected chi connectivity index (χ2v) is 5.96. The molecule has 0 aromatic heterocycles. The lowest BCUT2D eigenvalue weighted by atomic mass is 9.75. The fraction of sp³-hybridized carbons (Fsp3) is 0.150. The van der Waals surface area contributed by atoms with Gasteiger partial charge in [-0.3, -0.25) is 4.79 Å². The standard InChI is InChI=1S/C20H20N2O/c1-12-13(2)15(4)19-18(14(12)3)21-20(23)16(5)22(19)11-17-9-7-6-8-10-17/h6-10,18-19H,1-5,11H2,(H,21,23). The van der Waals surface area contributed by atoms with Crippen LogP contribution in [0.4, 0.5) is 0 Å². The second-order valence-electron chi connectivity index (χ2n) is 5.96. The van der Waals surface area contributed by atoms with Crippen molar-refractivity contribution in [3.63, 3.8) is 0 Å². The summed E-state index contributed by atoms with van der Waals surface area (Å²) in [6, 6.07) is 9.61. The molecule has 1 heterocycles. The van der Waals surface area contributed by atoms with Gasteiger partial charge in [0.05, 0.1) is 17.8 Å². The van der Waals surface area contributed by atoms with Gasteiger partial charge in [0.1, 0.15) is 0 Å². The Morgan fingerprint density at radius 2 is 1.57 bits per heavy atom. The fourth-order valence-electron chi connectivity index (χ4n) is 3.18. The molecule has 1 saturated carbocycles. The maximum atomic E-state index is 12.3.